The normalized spacial score (nSPS) is 17.6. The second-order valence-corrected chi connectivity index (χ2v) is 7.22. The van der Waals surface area contributed by atoms with Crippen molar-refractivity contribution in [1.29, 1.82) is 0 Å². The second-order valence-electron chi connectivity index (χ2n) is 5.20. The van der Waals surface area contributed by atoms with Crippen molar-refractivity contribution in [3.05, 3.63) is 29.8 Å². The maximum absolute atomic E-state index is 11.8. The molecule has 0 heterocycles. The molecule has 2 rings (SSSR count). The zero-order chi connectivity index (χ0) is 14.0. The Kier molecular flexibility index (Phi) is 3.94. The van der Waals surface area contributed by atoms with Crippen molar-refractivity contribution < 1.29 is 13.2 Å². The van der Waals surface area contributed by atoms with Crippen LogP contribution in [-0.2, 0) is 14.6 Å². The first kappa shape index (κ1) is 14.1. The molecule has 0 bridgehead atoms. The Morgan fingerprint density at radius 2 is 1.84 bits per heavy atom. The first-order valence-corrected chi connectivity index (χ1v) is 8.37. The van der Waals surface area contributed by atoms with Gasteiger partial charge in [-0.15, -0.1) is 0 Å². The molecule has 0 spiro atoms. The second kappa shape index (κ2) is 5.33. The molecule has 0 saturated heterocycles. The van der Waals surface area contributed by atoms with Gasteiger partial charge in [-0.25, -0.2) is 8.42 Å². The van der Waals surface area contributed by atoms with Gasteiger partial charge in [-0.05, 0) is 37.5 Å². The Morgan fingerprint density at radius 3 is 2.26 bits per heavy atom. The summed E-state index contributed by atoms with van der Waals surface area (Å²) in [6.45, 7) is 1.91. The Labute approximate surface area is 114 Å². The molecule has 1 aromatic rings. The van der Waals surface area contributed by atoms with Gasteiger partial charge >= 0.3 is 0 Å². The van der Waals surface area contributed by atoms with Crippen molar-refractivity contribution in [3.8, 4) is 0 Å². The third-order valence-electron chi connectivity index (χ3n) is 3.64. The lowest BCUT2D eigenvalue weighted by Crippen LogP contribution is -2.35. The van der Waals surface area contributed by atoms with E-state index in [-0.39, 0.29) is 17.9 Å². The molecule has 1 amide bonds. The first-order valence-electron chi connectivity index (χ1n) is 6.48. The molecular weight excluding hydrogens is 262 g/mol. The minimum atomic E-state index is -3.16. The van der Waals surface area contributed by atoms with E-state index in [0.717, 1.165) is 24.8 Å². The number of benzene rings is 1. The van der Waals surface area contributed by atoms with Gasteiger partial charge in [0.05, 0.1) is 10.9 Å². The zero-order valence-corrected chi connectivity index (χ0v) is 12.0. The van der Waals surface area contributed by atoms with Crippen LogP contribution >= 0.6 is 0 Å². The van der Waals surface area contributed by atoms with Crippen LogP contribution < -0.4 is 5.32 Å². The van der Waals surface area contributed by atoms with Crippen LogP contribution in [0.1, 0.15) is 37.8 Å². The summed E-state index contributed by atoms with van der Waals surface area (Å²) in [6.07, 6.45) is 4.27. The number of nitrogens with one attached hydrogen (secondary N) is 1. The van der Waals surface area contributed by atoms with Crippen LogP contribution in [0.5, 0.6) is 0 Å². The molecule has 0 aliphatic heterocycles. The topological polar surface area (TPSA) is 63.2 Å². The smallest absolute Gasteiger partial charge is 0.223 e. The van der Waals surface area contributed by atoms with E-state index in [4.69, 9.17) is 0 Å². The van der Waals surface area contributed by atoms with E-state index >= 15 is 0 Å². The van der Waals surface area contributed by atoms with Gasteiger partial charge in [0.2, 0.25) is 5.91 Å². The average Bonchev–Trinajstić information content (AvgIpc) is 2.25. The van der Waals surface area contributed by atoms with Gasteiger partial charge < -0.3 is 5.32 Å². The highest BCUT2D eigenvalue weighted by atomic mass is 32.2. The molecule has 0 aromatic heterocycles. The molecular formula is C14H19NO3S. The van der Waals surface area contributed by atoms with Gasteiger partial charge in [-0.1, -0.05) is 18.6 Å². The zero-order valence-electron chi connectivity index (χ0n) is 11.2. The largest absolute Gasteiger partial charge is 0.349 e. The van der Waals surface area contributed by atoms with Gasteiger partial charge in [0.15, 0.2) is 9.84 Å². The molecule has 1 aliphatic carbocycles. The fourth-order valence-electron chi connectivity index (χ4n) is 2.09. The van der Waals surface area contributed by atoms with E-state index in [2.05, 4.69) is 5.32 Å². The lowest BCUT2D eigenvalue weighted by Gasteiger charge is -2.26. The summed E-state index contributed by atoms with van der Waals surface area (Å²) in [4.78, 5) is 12.1. The number of hydrogen-bond donors (Lipinski definition) is 1. The maximum Gasteiger partial charge on any atom is 0.223 e. The summed E-state index contributed by atoms with van der Waals surface area (Å²) < 4.78 is 22.7. The molecule has 5 heteroatoms. The van der Waals surface area contributed by atoms with Gasteiger partial charge in [-0.3, -0.25) is 4.79 Å². The van der Waals surface area contributed by atoms with E-state index in [1.54, 1.807) is 24.3 Å². The summed E-state index contributed by atoms with van der Waals surface area (Å²) in [5.41, 5.74) is 0.917. The number of carbonyl (C=O) groups is 1. The minimum Gasteiger partial charge on any atom is -0.349 e. The molecule has 104 valence electrons. The van der Waals surface area contributed by atoms with Crippen LogP contribution in [0.25, 0.3) is 0 Å². The standard InChI is InChI=1S/C14H19NO3S/c1-10(15-14(16)12-4-3-5-12)11-6-8-13(9-7-11)19(2,17)18/h6-10,12H,3-5H2,1-2H3,(H,15,16). The number of rotatable bonds is 4. The van der Waals surface area contributed by atoms with Crippen LogP contribution in [-0.4, -0.2) is 20.6 Å². The van der Waals surface area contributed by atoms with E-state index in [0.29, 0.717) is 4.90 Å². The summed E-state index contributed by atoms with van der Waals surface area (Å²) >= 11 is 0. The molecule has 1 aromatic carbocycles. The molecule has 1 fully saturated rings. The van der Waals surface area contributed by atoms with Crippen LogP contribution in [0.2, 0.25) is 0 Å². The monoisotopic (exact) mass is 281 g/mol. The minimum absolute atomic E-state index is 0.0956. The van der Waals surface area contributed by atoms with Crippen molar-refractivity contribution in [3.63, 3.8) is 0 Å². The molecule has 0 radical (unpaired) electrons. The predicted molar refractivity (Wildman–Crippen MR) is 73.5 cm³/mol. The quantitative estimate of drug-likeness (QED) is 0.919. The summed E-state index contributed by atoms with van der Waals surface area (Å²) in [5, 5.41) is 2.97. The molecule has 19 heavy (non-hydrogen) atoms. The SMILES string of the molecule is CC(NC(=O)C1CCC1)c1ccc(S(C)(=O)=O)cc1. The fraction of sp³-hybridized carbons (Fsp3) is 0.500. The fourth-order valence-corrected chi connectivity index (χ4v) is 2.72. The van der Waals surface area contributed by atoms with Crippen molar-refractivity contribution in [1.82, 2.24) is 5.32 Å². The number of sulfone groups is 1. The molecule has 1 saturated carbocycles. The van der Waals surface area contributed by atoms with Gasteiger partial charge in [0.25, 0.3) is 0 Å². The van der Waals surface area contributed by atoms with Crippen molar-refractivity contribution in [2.45, 2.75) is 37.1 Å². The highest BCUT2D eigenvalue weighted by Crippen LogP contribution is 2.27. The van der Waals surface area contributed by atoms with E-state index in [1.165, 1.54) is 6.26 Å². The summed E-state index contributed by atoms with van der Waals surface area (Å²) in [7, 11) is -3.16. The van der Waals surface area contributed by atoms with E-state index in [1.807, 2.05) is 6.92 Å². The Balaban J connectivity index is 2.03. The predicted octanol–water partition coefficient (Wildman–Crippen LogP) is 2.07. The van der Waals surface area contributed by atoms with Gasteiger partial charge in [0, 0.05) is 12.2 Å². The molecule has 1 aliphatic rings. The maximum atomic E-state index is 11.8. The van der Waals surface area contributed by atoms with Crippen molar-refractivity contribution >= 4 is 15.7 Å². The van der Waals surface area contributed by atoms with Crippen molar-refractivity contribution in [2.24, 2.45) is 5.92 Å². The Bertz CT molecular complexity index is 559. The van der Waals surface area contributed by atoms with E-state index in [9.17, 15) is 13.2 Å². The van der Waals surface area contributed by atoms with Crippen LogP contribution in [0, 0.1) is 5.92 Å². The number of hydrogen-bond acceptors (Lipinski definition) is 3. The van der Waals surface area contributed by atoms with Crippen molar-refractivity contribution in [2.75, 3.05) is 6.26 Å². The average molecular weight is 281 g/mol. The summed E-state index contributed by atoms with van der Waals surface area (Å²) in [5.74, 6) is 0.267. The number of carbonyl (C=O) groups excluding carboxylic acids is 1. The third-order valence-corrected chi connectivity index (χ3v) is 4.77. The molecule has 4 nitrogen and oxygen atoms in total. The Morgan fingerprint density at radius 1 is 1.26 bits per heavy atom. The highest BCUT2D eigenvalue weighted by molar-refractivity contribution is 7.90. The van der Waals surface area contributed by atoms with Crippen LogP contribution in [0.4, 0.5) is 0 Å². The van der Waals surface area contributed by atoms with Crippen LogP contribution in [0.3, 0.4) is 0 Å². The van der Waals surface area contributed by atoms with Gasteiger partial charge in [0.1, 0.15) is 0 Å². The van der Waals surface area contributed by atoms with E-state index < -0.39 is 9.84 Å². The summed E-state index contributed by atoms with van der Waals surface area (Å²) in [6, 6.07) is 6.57. The van der Waals surface area contributed by atoms with Gasteiger partial charge in [-0.2, -0.15) is 0 Å². The van der Waals surface area contributed by atoms with Crippen LogP contribution in [0.15, 0.2) is 29.2 Å². The Hall–Kier alpha value is -1.36. The third kappa shape index (κ3) is 3.35. The lowest BCUT2D eigenvalue weighted by molar-refractivity contribution is -0.128. The molecule has 1 N–H and O–H groups in total. The number of amides is 1. The highest BCUT2D eigenvalue weighted by Gasteiger charge is 2.26. The lowest BCUT2D eigenvalue weighted by atomic mass is 9.84. The first-order chi connectivity index (χ1) is 8.88. The molecule has 1 atom stereocenters. The molecule has 1 unspecified atom stereocenters.